The summed E-state index contributed by atoms with van der Waals surface area (Å²) in [6, 6.07) is 9.15. The summed E-state index contributed by atoms with van der Waals surface area (Å²) in [6.07, 6.45) is 4.28. The lowest BCUT2D eigenvalue weighted by atomic mass is 9.85. The Morgan fingerprint density at radius 3 is 2.67 bits per heavy atom. The van der Waals surface area contributed by atoms with Crippen LogP contribution in [-0.2, 0) is 0 Å². The number of aryl methyl sites for hydroxylation is 1. The van der Waals surface area contributed by atoms with Crippen LogP contribution in [0.4, 0.5) is 0 Å². The second kappa shape index (κ2) is 4.80. The van der Waals surface area contributed by atoms with Gasteiger partial charge in [0.1, 0.15) is 0 Å². The van der Waals surface area contributed by atoms with E-state index in [-0.39, 0.29) is 0 Å². The first-order valence-corrected chi connectivity index (χ1v) is 6.06. The second-order valence-electron chi connectivity index (χ2n) is 4.78. The van der Waals surface area contributed by atoms with Crippen LogP contribution in [-0.4, -0.2) is 6.54 Å². The van der Waals surface area contributed by atoms with E-state index in [0.717, 1.165) is 5.92 Å². The molecule has 1 unspecified atom stereocenters. The predicted octanol–water partition coefficient (Wildman–Crippen LogP) is 3.45. The van der Waals surface area contributed by atoms with Crippen LogP contribution in [0.5, 0.6) is 0 Å². The van der Waals surface area contributed by atoms with Crippen LogP contribution in [0.15, 0.2) is 24.3 Å². The average Bonchev–Trinajstić information content (AvgIpc) is 2.16. The number of hydrogen-bond acceptors (Lipinski definition) is 1. The molecule has 0 spiro atoms. The zero-order chi connectivity index (χ0) is 10.7. The Balaban J connectivity index is 1.89. The minimum Gasteiger partial charge on any atom is -0.310 e. The first-order chi connectivity index (χ1) is 7.27. The molecule has 0 aliphatic heterocycles. The zero-order valence-electron chi connectivity index (χ0n) is 9.79. The smallest absolute Gasteiger partial charge is 0.0294 e. The second-order valence-corrected chi connectivity index (χ2v) is 4.78. The Hall–Kier alpha value is -0.820. The summed E-state index contributed by atoms with van der Waals surface area (Å²) in [5, 5.41) is 3.64. The summed E-state index contributed by atoms with van der Waals surface area (Å²) in [7, 11) is 0. The van der Waals surface area contributed by atoms with E-state index >= 15 is 0 Å². The lowest BCUT2D eigenvalue weighted by Crippen LogP contribution is -2.29. The van der Waals surface area contributed by atoms with E-state index in [1.165, 1.54) is 36.9 Å². The lowest BCUT2D eigenvalue weighted by molar-refractivity contribution is 0.292. The first-order valence-electron chi connectivity index (χ1n) is 6.06. The molecule has 82 valence electrons. The quantitative estimate of drug-likeness (QED) is 0.790. The molecule has 1 nitrogen and oxygen atoms in total. The van der Waals surface area contributed by atoms with Crippen LogP contribution >= 0.6 is 0 Å². The van der Waals surface area contributed by atoms with Gasteiger partial charge < -0.3 is 5.32 Å². The van der Waals surface area contributed by atoms with Crippen molar-refractivity contribution in [3.8, 4) is 0 Å². The van der Waals surface area contributed by atoms with Crippen molar-refractivity contribution < 1.29 is 0 Å². The van der Waals surface area contributed by atoms with Gasteiger partial charge in [-0.05, 0) is 50.3 Å². The predicted molar refractivity (Wildman–Crippen MR) is 64.9 cm³/mol. The third-order valence-electron chi connectivity index (χ3n) is 3.59. The molecule has 1 aliphatic rings. The van der Waals surface area contributed by atoms with Crippen molar-refractivity contribution in [2.45, 2.75) is 39.2 Å². The highest BCUT2D eigenvalue weighted by atomic mass is 14.9. The van der Waals surface area contributed by atoms with E-state index in [9.17, 15) is 0 Å². The number of hydrogen-bond donors (Lipinski definition) is 1. The fourth-order valence-corrected chi connectivity index (χ4v) is 2.22. The van der Waals surface area contributed by atoms with Gasteiger partial charge in [0.2, 0.25) is 0 Å². The Labute approximate surface area is 92.9 Å². The van der Waals surface area contributed by atoms with Gasteiger partial charge in [-0.15, -0.1) is 0 Å². The topological polar surface area (TPSA) is 12.0 Å². The zero-order valence-corrected chi connectivity index (χ0v) is 9.79. The largest absolute Gasteiger partial charge is 0.310 e. The third-order valence-corrected chi connectivity index (χ3v) is 3.59. The molecule has 0 aromatic heterocycles. The van der Waals surface area contributed by atoms with Gasteiger partial charge in [0.05, 0.1) is 0 Å². The van der Waals surface area contributed by atoms with Gasteiger partial charge in [0.15, 0.2) is 0 Å². The summed E-state index contributed by atoms with van der Waals surface area (Å²) >= 11 is 0. The van der Waals surface area contributed by atoms with E-state index in [0.29, 0.717) is 6.04 Å². The van der Waals surface area contributed by atoms with Crippen LogP contribution in [0.3, 0.4) is 0 Å². The van der Waals surface area contributed by atoms with Gasteiger partial charge >= 0.3 is 0 Å². The maximum Gasteiger partial charge on any atom is 0.0294 e. The molecule has 0 amide bonds. The Morgan fingerprint density at radius 1 is 1.33 bits per heavy atom. The highest BCUT2D eigenvalue weighted by molar-refractivity contribution is 5.28. The molecule has 0 saturated heterocycles. The van der Waals surface area contributed by atoms with E-state index < -0.39 is 0 Å². The number of rotatable bonds is 4. The van der Waals surface area contributed by atoms with Gasteiger partial charge in [-0.3, -0.25) is 0 Å². The van der Waals surface area contributed by atoms with Gasteiger partial charge in [-0.1, -0.05) is 30.7 Å². The maximum absolute atomic E-state index is 3.64. The summed E-state index contributed by atoms with van der Waals surface area (Å²) < 4.78 is 0. The minimum absolute atomic E-state index is 0.492. The summed E-state index contributed by atoms with van der Waals surface area (Å²) in [5.74, 6) is 0.941. The molecule has 0 bridgehead atoms. The molecule has 2 rings (SSSR count). The normalized spacial score (nSPS) is 18.5. The molecule has 1 saturated carbocycles. The van der Waals surface area contributed by atoms with Crippen molar-refractivity contribution in [3.05, 3.63) is 35.4 Å². The van der Waals surface area contributed by atoms with Crippen molar-refractivity contribution in [1.29, 1.82) is 0 Å². The van der Waals surface area contributed by atoms with Crippen LogP contribution < -0.4 is 5.32 Å². The molecule has 1 aromatic rings. The minimum atomic E-state index is 0.492. The third kappa shape index (κ3) is 2.60. The summed E-state index contributed by atoms with van der Waals surface area (Å²) in [4.78, 5) is 0. The molecule has 1 fully saturated rings. The van der Waals surface area contributed by atoms with Crippen molar-refractivity contribution in [2.24, 2.45) is 5.92 Å². The van der Waals surface area contributed by atoms with Gasteiger partial charge in [-0.2, -0.15) is 0 Å². The SMILES string of the molecule is Cc1ccccc1C(C)NCC1CCC1. The Morgan fingerprint density at radius 2 is 2.07 bits per heavy atom. The number of benzene rings is 1. The van der Waals surface area contributed by atoms with Gasteiger partial charge in [0.25, 0.3) is 0 Å². The molecular formula is C14H21N. The lowest BCUT2D eigenvalue weighted by Gasteiger charge is -2.27. The molecule has 15 heavy (non-hydrogen) atoms. The molecule has 1 N–H and O–H groups in total. The number of nitrogens with one attached hydrogen (secondary N) is 1. The van der Waals surface area contributed by atoms with Crippen molar-refractivity contribution in [2.75, 3.05) is 6.54 Å². The van der Waals surface area contributed by atoms with Crippen molar-refractivity contribution in [3.63, 3.8) is 0 Å². The van der Waals surface area contributed by atoms with Gasteiger partial charge in [-0.25, -0.2) is 0 Å². The molecule has 1 heteroatoms. The molecule has 1 aromatic carbocycles. The highest BCUT2D eigenvalue weighted by Crippen LogP contribution is 2.26. The van der Waals surface area contributed by atoms with Crippen LogP contribution in [0, 0.1) is 12.8 Å². The standard InChI is InChI=1S/C14H21N/c1-11-6-3-4-9-14(11)12(2)15-10-13-7-5-8-13/h3-4,6,9,12-13,15H,5,7-8,10H2,1-2H3. The van der Waals surface area contributed by atoms with E-state index in [4.69, 9.17) is 0 Å². The maximum atomic E-state index is 3.64. The van der Waals surface area contributed by atoms with E-state index in [1.54, 1.807) is 0 Å². The van der Waals surface area contributed by atoms with Gasteiger partial charge in [0, 0.05) is 6.04 Å². The van der Waals surface area contributed by atoms with E-state index in [2.05, 4.69) is 43.4 Å². The Bertz CT molecular complexity index is 315. The summed E-state index contributed by atoms with van der Waals surface area (Å²) in [6.45, 7) is 5.65. The first kappa shape index (κ1) is 10.7. The fourth-order valence-electron chi connectivity index (χ4n) is 2.22. The Kier molecular flexibility index (Phi) is 3.42. The van der Waals surface area contributed by atoms with Crippen molar-refractivity contribution >= 4 is 0 Å². The summed E-state index contributed by atoms with van der Waals surface area (Å²) in [5.41, 5.74) is 2.84. The molecule has 0 heterocycles. The van der Waals surface area contributed by atoms with Crippen LogP contribution in [0.2, 0.25) is 0 Å². The molecular weight excluding hydrogens is 182 g/mol. The molecule has 1 atom stereocenters. The molecule has 0 radical (unpaired) electrons. The van der Waals surface area contributed by atoms with Crippen molar-refractivity contribution in [1.82, 2.24) is 5.32 Å². The average molecular weight is 203 g/mol. The van der Waals surface area contributed by atoms with E-state index in [1.807, 2.05) is 0 Å². The monoisotopic (exact) mass is 203 g/mol. The van der Waals surface area contributed by atoms with Crippen LogP contribution in [0.25, 0.3) is 0 Å². The van der Waals surface area contributed by atoms with Crippen LogP contribution in [0.1, 0.15) is 43.4 Å². The highest BCUT2D eigenvalue weighted by Gasteiger charge is 2.18. The molecule has 1 aliphatic carbocycles. The fraction of sp³-hybridized carbons (Fsp3) is 0.571.